The summed E-state index contributed by atoms with van der Waals surface area (Å²) in [5.74, 6) is -1.35. The van der Waals surface area contributed by atoms with Crippen molar-refractivity contribution >= 4 is 29.9 Å². The van der Waals surface area contributed by atoms with Crippen molar-refractivity contribution in [1.82, 2.24) is 0 Å². The minimum absolute atomic E-state index is 0.0253. The van der Waals surface area contributed by atoms with E-state index in [0.717, 1.165) is 5.56 Å². The van der Waals surface area contributed by atoms with E-state index >= 15 is 0 Å². The zero-order valence-electron chi connectivity index (χ0n) is 19.9. The van der Waals surface area contributed by atoms with Gasteiger partial charge in [0.05, 0.1) is 11.2 Å². The van der Waals surface area contributed by atoms with Crippen molar-refractivity contribution in [3.05, 3.63) is 64.7 Å². The van der Waals surface area contributed by atoms with Gasteiger partial charge in [-0.1, -0.05) is 61.9 Å². The number of Topliss-reactive ketones (excluding diaryl/α,β-unsaturated/α-hetero) is 2. The number of carbonyl (C=O) groups is 3. The van der Waals surface area contributed by atoms with Crippen molar-refractivity contribution in [1.29, 1.82) is 0 Å². The maximum atomic E-state index is 13.4. The van der Waals surface area contributed by atoms with Crippen molar-refractivity contribution < 1.29 is 23.7 Å². The van der Waals surface area contributed by atoms with Crippen LogP contribution in [-0.4, -0.2) is 35.7 Å². The molecule has 0 bridgehead atoms. The topological polar surface area (TPSA) is 69.7 Å². The molecule has 1 saturated heterocycles. The molecular formula is C26H31BO5. The fourth-order valence-corrected chi connectivity index (χ4v) is 3.55. The first-order valence-electron chi connectivity index (χ1n) is 11.0. The van der Waals surface area contributed by atoms with Gasteiger partial charge in [0.2, 0.25) is 11.6 Å². The first-order valence-corrected chi connectivity index (χ1v) is 11.0. The quantitative estimate of drug-likeness (QED) is 0.376. The molecule has 3 rings (SSSR count). The van der Waals surface area contributed by atoms with Gasteiger partial charge < -0.3 is 9.31 Å². The third kappa shape index (κ3) is 4.76. The first kappa shape index (κ1) is 24.1. The van der Waals surface area contributed by atoms with Crippen LogP contribution in [-0.2, 0) is 25.3 Å². The minimum Gasteiger partial charge on any atom is -0.399 e. The van der Waals surface area contributed by atoms with E-state index in [1.807, 2.05) is 46.8 Å². The number of benzene rings is 2. The molecular weight excluding hydrogens is 403 g/mol. The molecule has 0 amide bonds. The van der Waals surface area contributed by atoms with Crippen LogP contribution in [0.4, 0.5) is 0 Å². The Kier molecular flexibility index (Phi) is 6.59. The van der Waals surface area contributed by atoms with Gasteiger partial charge in [-0.05, 0) is 45.6 Å². The zero-order chi connectivity index (χ0) is 23.8. The fourth-order valence-electron chi connectivity index (χ4n) is 3.55. The molecule has 0 saturated carbocycles. The Bertz CT molecular complexity index is 1030. The molecule has 2 aromatic rings. The van der Waals surface area contributed by atoms with Gasteiger partial charge in [0.15, 0.2) is 5.78 Å². The van der Waals surface area contributed by atoms with Gasteiger partial charge in [0.25, 0.3) is 0 Å². The lowest BCUT2D eigenvalue weighted by atomic mass is 9.73. The fraction of sp³-hybridized carbons (Fsp3) is 0.423. The molecule has 0 N–H and O–H groups in total. The Hall–Kier alpha value is -2.57. The number of hydrogen-bond donors (Lipinski definition) is 0. The highest BCUT2D eigenvalue weighted by molar-refractivity contribution is 6.64. The van der Waals surface area contributed by atoms with Crippen LogP contribution < -0.4 is 5.46 Å². The largest absolute Gasteiger partial charge is 0.495 e. The van der Waals surface area contributed by atoms with Crippen molar-refractivity contribution in [3.63, 3.8) is 0 Å². The van der Waals surface area contributed by atoms with E-state index in [1.54, 1.807) is 44.2 Å². The van der Waals surface area contributed by atoms with E-state index in [1.165, 1.54) is 0 Å². The van der Waals surface area contributed by atoms with E-state index in [4.69, 9.17) is 9.31 Å². The number of hydrogen-bond acceptors (Lipinski definition) is 5. The Balaban J connectivity index is 2.03. The average Bonchev–Trinajstić information content (AvgIpc) is 2.94. The summed E-state index contributed by atoms with van der Waals surface area (Å²) in [6.07, 6.45) is -0.0253. The lowest BCUT2D eigenvalue weighted by molar-refractivity contribution is -0.138. The molecule has 32 heavy (non-hydrogen) atoms. The standard InChI is InChI=1S/C26H31BO5/c1-16(2)23(29)22(28)15-18-10-13-20(24(30)19-11-8-17(3)9-12-19)21(14-18)27-31-25(4,5)26(6,7)32-27/h8-14,16H,15H2,1-7H3. The third-order valence-corrected chi connectivity index (χ3v) is 6.35. The maximum Gasteiger partial charge on any atom is 0.495 e. The predicted molar refractivity (Wildman–Crippen MR) is 125 cm³/mol. The smallest absolute Gasteiger partial charge is 0.399 e. The van der Waals surface area contributed by atoms with Gasteiger partial charge in [0, 0.05) is 23.5 Å². The second kappa shape index (κ2) is 8.76. The van der Waals surface area contributed by atoms with Crippen molar-refractivity contribution in [2.75, 3.05) is 0 Å². The average molecular weight is 434 g/mol. The lowest BCUT2D eigenvalue weighted by Crippen LogP contribution is -2.41. The highest BCUT2D eigenvalue weighted by Crippen LogP contribution is 2.37. The number of aryl methyl sites for hydroxylation is 1. The molecule has 0 aliphatic carbocycles. The highest BCUT2D eigenvalue weighted by Gasteiger charge is 2.52. The molecule has 1 aliphatic rings. The Morgan fingerprint density at radius 1 is 0.906 bits per heavy atom. The van der Waals surface area contributed by atoms with Crippen LogP contribution in [0.25, 0.3) is 0 Å². The molecule has 1 fully saturated rings. The van der Waals surface area contributed by atoms with Crippen LogP contribution in [0.1, 0.15) is 68.6 Å². The summed E-state index contributed by atoms with van der Waals surface area (Å²) in [5.41, 5.74) is 2.13. The van der Waals surface area contributed by atoms with Crippen LogP contribution in [0.3, 0.4) is 0 Å². The van der Waals surface area contributed by atoms with E-state index in [0.29, 0.717) is 22.2 Å². The molecule has 2 aromatic carbocycles. The van der Waals surface area contributed by atoms with Crippen LogP contribution in [0, 0.1) is 12.8 Å². The molecule has 6 heteroatoms. The first-order chi connectivity index (χ1) is 14.8. The van der Waals surface area contributed by atoms with Gasteiger partial charge in [-0.3, -0.25) is 14.4 Å². The molecule has 1 aliphatic heterocycles. The predicted octanol–water partition coefficient (Wildman–Crippen LogP) is 3.86. The van der Waals surface area contributed by atoms with Crippen molar-refractivity contribution in [2.45, 2.75) is 66.1 Å². The van der Waals surface area contributed by atoms with Crippen molar-refractivity contribution in [2.24, 2.45) is 5.92 Å². The molecule has 0 spiro atoms. The summed E-state index contributed by atoms with van der Waals surface area (Å²) in [4.78, 5) is 37.8. The molecule has 0 atom stereocenters. The zero-order valence-corrected chi connectivity index (χ0v) is 19.9. The van der Waals surface area contributed by atoms with Crippen LogP contribution in [0.5, 0.6) is 0 Å². The van der Waals surface area contributed by atoms with E-state index in [2.05, 4.69) is 0 Å². The molecule has 0 unspecified atom stereocenters. The summed E-state index contributed by atoms with van der Waals surface area (Å²) in [6, 6.07) is 12.6. The summed E-state index contributed by atoms with van der Waals surface area (Å²) >= 11 is 0. The highest BCUT2D eigenvalue weighted by atomic mass is 16.7. The van der Waals surface area contributed by atoms with Crippen molar-refractivity contribution in [3.8, 4) is 0 Å². The van der Waals surface area contributed by atoms with E-state index in [9.17, 15) is 14.4 Å². The van der Waals surface area contributed by atoms with Gasteiger partial charge in [-0.15, -0.1) is 0 Å². The minimum atomic E-state index is -0.764. The Morgan fingerprint density at radius 3 is 2.00 bits per heavy atom. The van der Waals surface area contributed by atoms with Crippen LogP contribution in [0.15, 0.2) is 42.5 Å². The Labute approximate surface area is 190 Å². The summed E-state index contributed by atoms with van der Waals surface area (Å²) in [5, 5.41) is 0. The second-order valence-electron chi connectivity index (χ2n) is 9.82. The number of rotatable bonds is 7. The molecule has 5 nitrogen and oxygen atoms in total. The third-order valence-electron chi connectivity index (χ3n) is 6.35. The normalized spacial score (nSPS) is 16.9. The number of carbonyl (C=O) groups excluding carboxylic acids is 3. The van der Waals surface area contributed by atoms with E-state index in [-0.39, 0.29) is 18.1 Å². The maximum absolute atomic E-state index is 13.4. The molecule has 168 valence electrons. The Morgan fingerprint density at radius 2 is 1.47 bits per heavy atom. The molecule has 1 heterocycles. The van der Waals surface area contributed by atoms with Crippen LogP contribution >= 0.6 is 0 Å². The molecule has 0 radical (unpaired) electrons. The summed E-state index contributed by atoms with van der Waals surface area (Å²) in [7, 11) is -0.764. The SMILES string of the molecule is Cc1ccc(C(=O)c2ccc(CC(=O)C(=O)C(C)C)cc2B2OC(C)(C)C(C)(C)O2)cc1. The summed E-state index contributed by atoms with van der Waals surface area (Å²) in [6.45, 7) is 13.2. The monoisotopic (exact) mass is 434 g/mol. The van der Waals surface area contributed by atoms with Gasteiger partial charge in [-0.2, -0.15) is 0 Å². The van der Waals surface area contributed by atoms with E-state index < -0.39 is 29.9 Å². The van der Waals surface area contributed by atoms with Crippen LogP contribution in [0.2, 0.25) is 0 Å². The van der Waals surface area contributed by atoms with Gasteiger partial charge >= 0.3 is 7.12 Å². The second-order valence-corrected chi connectivity index (χ2v) is 9.82. The lowest BCUT2D eigenvalue weighted by Gasteiger charge is -2.32. The molecule has 0 aromatic heterocycles. The summed E-state index contributed by atoms with van der Waals surface area (Å²) < 4.78 is 12.4. The number of ketones is 3. The van der Waals surface area contributed by atoms with Gasteiger partial charge in [-0.25, -0.2) is 0 Å². The van der Waals surface area contributed by atoms with Gasteiger partial charge in [0.1, 0.15) is 0 Å².